The largest absolute Gasteiger partial charge is 0.487 e. The molecule has 0 saturated heterocycles. The second kappa shape index (κ2) is 5.68. The van der Waals surface area contributed by atoms with Crippen LogP contribution in [0.4, 0.5) is 8.78 Å². The smallest absolute Gasteiger partial charge is 0.144 e. The molecule has 0 radical (unpaired) electrons. The van der Waals surface area contributed by atoms with Crippen LogP contribution < -0.4 is 4.74 Å². The first-order chi connectivity index (χ1) is 9.13. The molecule has 19 heavy (non-hydrogen) atoms. The monoisotopic (exact) mass is 279 g/mol. The van der Waals surface area contributed by atoms with Gasteiger partial charge in [0.05, 0.1) is 5.02 Å². The second-order valence-electron chi connectivity index (χ2n) is 3.71. The highest BCUT2D eigenvalue weighted by atomic mass is 35.5. The van der Waals surface area contributed by atoms with Gasteiger partial charge in [-0.2, -0.15) is 5.26 Å². The van der Waals surface area contributed by atoms with Crippen LogP contribution in [-0.2, 0) is 6.61 Å². The van der Waals surface area contributed by atoms with Crippen molar-refractivity contribution < 1.29 is 13.5 Å². The maximum atomic E-state index is 13.5. The minimum Gasteiger partial charge on any atom is -0.487 e. The predicted molar refractivity (Wildman–Crippen MR) is 66.9 cm³/mol. The zero-order chi connectivity index (χ0) is 13.8. The summed E-state index contributed by atoms with van der Waals surface area (Å²) in [5.74, 6) is -1.14. The van der Waals surface area contributed by atoms with Crippen LogP contribution in [0.15, 0.2) is 36.4 Å². The van der Waals surface area contributed by atoms with Gasteiger partial charge in [-0.1, -0.05) is 23.7 Å². The summed E-state index contributed by atoms with van der Waals surface area (Å²) in [5.41, 5.74) is -0.0488. The van der Waals surface area contributed by atoms with Crippen LogP contribution >= 0.6 is 11.6 Å². The number of hydrogen-bond acceptors (Lipinski definition) is 2. The van der Waals surface area contributed by atoms with E-state index in [1.807, 2.05) is 0 Å². The highest BCUT2D eigenvalue weighted by Crippen LogP contribution is 2.24. The first-order valence-corrected chi connectivity index (χ1v) is 5.75. The fourth-order valence-electron chi connectivity index (χ4n) is 1.55. The van der Waals surface area contributed by atoms with Crippen molar-refractivity contribution in [1.29, 1.82) is 5.26 Å². The van der Waals surface area contributed by atoms with E-state index in [4.69, 9.17) is 21.6 Å². The Morgan fingerprint density at radius 3 is 2.47 bits per heavy atom. The average molecular weight is 280 g/mol. The highest BCUT2D eigenvalue weighted by Gasteiger charge is 2.12. The fraction of sp³-hybridized carbons (Fsp3) is 0.0714. The molecular weight excluding hydrogens is 272 g/mol. The molecule has 0 heterocycles. The molecule has 0 aliphatic rings. The fourth-order valence-corrected chi connectivity index (χ4v) is 1.77. The van der Waals surface area contributed by atoms with Crippen molar-refractivity contribution >= 4 is 11.6 Å². The Labute approximate surface area is 113 Å². The van der Waals surface area contributed by atoms with E-state index in [2.05, 4.69) is 0 Å². The molecule has 2 nitrogen and oxygen atoms in total. The van der Waals surface area contributed by atoms with Crippen molar-refractivity contribution in [2.45, 2.75) is 6.61 Å². The van der Waals surface area contributed by atoms with Gasteiger partial charge in [-0.15, -0.1) is 0 Å². The molecule has 0 N–H and O–H groups in total. The summed E-state index contributed by atoms with van der Waals surface area (Å²) in [7, 11) is 0. The van der Waals surface area contributed by atoms with Crippen LogP contribution in [0.3, 0.4) is 0 Å². The standard InChI is InChI=1S/C14H8ClF2NO/c15-11-3-1-4-13(17)10(11)8-19-14-6-2-5-12(16)9(14)7-18/h1-6H,8H2. The van der Waals surface area contributed by atoms with Crippen LogP contribution in [-0.4, -0.2) is 0 Å². The lowest BCUT2D eigenvalue weighted by Gasteiger charge is -2.10. The lowest BCUT2D eigenvalue weighted by atomic mass is 10.2. The molecule has 0 aliphatic heterocycles. The van der Waals surface area contributed by atoms with Crippen molar-refractivity contribution in [3.63, 3.8) is 0 Å². The molecular formula is C14H8ClF2NO. The molecule has 0 unspecified atom stereocenters. The van der Waals surface area contributed by atoms with Crippen molar-refractivity contribution in [3.05, 3.63) is 64.2 Å². The van der Waals surface area contributed by atoms with Crippen LogP contribution in [0.1, 0.15) is 11.1 Å². The number of hydrogen-bond donors (Lipinski definition) is 0. The number of benzene rings is 2. The minimum absolute atomic E-state index is 0.0572. The van der Waals surface area contributed by atoms with Gasteiger partial charge in [0, 0.05) is 5.56 Å². The zero-order valence-corrected chi connectivity index (χ0v) is 10.4. The molecule has 0 spiro atoms. The second-order valence-corrected chi connectivity index (χ2v) is 4.12. The Morgan fingerprint density at radius 2 is 1.79 bits per heavy atom. The van der Waals surface area contributed by atoms with Gasteiger partial charge in [0.2, 0.25) is 0 Å². The van der Waals surface area contributed by atoms with Crippen LogP contribution in [0.25, 0.3) is 0 Å². The Kier molecular flexibility index (Phi) is 3.98. The molecule has 0 atom stereocenters. The quantitative estimate of drug-likeness (QED) is 0.848. The van der Waals surface area contributed by atoms with Crippen molar-refractivity contribution in [3.8, 4) is 11.8 Å². The van der Waals surface area contributed by atoms with E-state index in [0.717, 1.165) is 6.07 Å². The number of halogens is 3. The Balaban J connectivity index is 2.25. The summed E-state index contributed by atoms with van der Waals surface area (Å²) < 4.78 is 32.1. The van der Waals surface area contributed by atoms with Crippen LogP contribution in [0.5, 0.6) is 5.75 Å². The van der Waals surface area contributed by atoms with Crippen LogP contribution in [0.2, 0.25) is 5.02 Å². The molecule has 0 bridgehead atoms. The van der Waals surface area contributed by atoms with Gasteiger partial charge in [0.1, 0.15) is 35.6 Å². The highest BCUT2D eigenvalue weighted by molar-refractivity contribution is 6.31. The summed E-state index contributed by atoms with van der Waals surface area (Å²) in [6.45, 7) is -0.177. The number of ether oxygens (including phenoxy) is 1. The van der Waals surface area contributed by atoms with E-state index >= 15 is 0 Å². The summed E-state index contributed by atoms with van der Waals surface area (Å²) >= 11 is 5.84. The maximum Gasteiger partial charge on any atom is 0.144 e. The molecule has 0 saturated carbocycles. The van der Waals surface area contributed by atoms with Gasteiger partial charge in [-0.25, -0.2) is 8.78 Å². The summed E-state index contributed by atoms with van der Waals surface area (Å²) in [6.07, 6.45) is 0. The number of rotatable bonds is 3. The van der Waals surface area contributed by atoms with Gasteiger partial charge >= 0.3 is 0 Å². The predicted octanol–water partition coefficient (Wildman–Crippen LogP) is 4.07. The first-order valence-electron chi connectivity index (χ1n) is 5.37. The molecule has 0 fully saturated rings. The van der Waals surface area contributed by atoms with Crippen molar-refractivity contribution in [2.75, 3.05) is 0 Å². The van der Waals surface area contributed by atoms with E-state index in [9.17, 15) is 8.78 Å². The van der Waals surface area contributed by atoms with Gasteiger partial charge in [-0.3, -0.25) is 0 Å². The maximum absolute atomic E-state index is 13.5. The van der Waals surface area contributed by atoms with Gasteiger partial charge in [0.15, 0.2) is 0 Å². The van der Waals surface area contributed by atoms with Gasteiger partial charge in [-0.05, 0) is 24.3 Å². The third kappa shape index (κ3) is 2.83. The third-order valence-corrected chi connectivity index (χ3v) is 2.87. The summed E-state index contributed by atoms with van der Waals surface area (Å²) in [5, 5.41) is 9.05. The first kappa shape index (κ1) is 13.3. The van der Waals surface area contributed by atoms with E-state index in [-0.39, 0.29) is 28.5 Å². The van der Waals surface area contributed by atoms with Crippen LogP contribution in [0, 0.1) is 23.0 Å². The molecule has 96 valence electrons. The molecule has 2 rings (SSSR count). The topological polar surface area (TPSA) is 33.0 Å². The number of nitrogens with zero attached hydrogens (tertiary/aromatic N) is 1. The molecule has 0 aromatic heterocycles. The zero-order valence-electron chi connectivity index (χ0n) is 9.66. The molecule has 0 aliphatic carbocycles. The van der Waals surface area contributed by atoms with Gasteiger partial charge in [0.25, 0.3) is 0 Å². The average Bonchev–Trinajstić information content (AvgIpc) is 2.38. The summed E-state index contributed by atoms with van der Waals surface area (Å²) in [6, 6.07) is 9.96. The third-order valence-electron chi connectivity index (χ3n) is 2.52. The molecule has 2 aromatic rings. The Hall–Kier alpha value is -2.12. The van der Waals surface area contributed by atoms with Crippen molar-refractivity contribution in [2.24, 2.45) is 0 Å². The minimum atomic E-state index is -0.681. The Bertz CT molecular complexity index is 632. The molecule has 5 heteroatoms. The Morgan fingerprint density at radius 1 is 1.11 bits per heavy atom. The van der Waals surface area contributed by atoms with E-state index in [1.165, 1.54) is 30.3 Å². The lowest BCUT2D eigenvalue weighted by Crippen LogP contribution is -2.01. The lowest BCUT2D eigenvalue weighted by molar-refractivity contribution is 0.297. The number of nitriles is 1. The van der Waals surface area contributed by atoms with Crippen molar-refractivity contribution in [1.82, 2.24) is 0 Å². The van der Waals surface area contributed by atoms with E-state index in [1.54, 1.807) is 6.07 Å². The van der Waals surface area contributed by atoms with E-state index in [0.29, 0.717) is 0 Å². The van der Waals surface area contributed by atoms with E-state index < -0.39 is 11.6 Å². The SMILES string of the molecule is N#Cc1c(F)cccc1OCc1c(F)cccc1Cl. The summed E-state index contributed by atoms with van der Waals surface area (Å²) in [4.78, 5) is 0. The molecule has 2 aromatic carbocycles. The normalized spacial score (nSPS) is 10.0. The molecule has 0 amide bonds. The van der Waals surface area contributed by atoms with Gasteiger partial charge < -0.3 is 4.74 Å².